The van der Waals surface area contributed by atoms with Crippen LogP contribution in [0.3, 0.4) is 0 Å². The van der Waals surface area contributed by atoms with Crippen molar-refractivity contribution in [3.8, 4) is 5.75 Å². The highest BCUT2D eigenvalue weighted by molar-refractivity contribution is 7.99. The van der Waals surface area contributed by atoms with Gasteiger partial charge in [0.05, 0.1) is 23.9 Å². The predicted molar refractivity (Wildman–Crippen MR) is 130 cm³/mol. The van der Waals surface area contributed by atoms with Crippen molar-refractivity contribution in [2.75, 3.05) is 17.8 Å². The first kappa shape index (κ1) is 21.4. The minimum atomic E-state index is 0.100. The summed E-state index contributed by atoms with van der Waals surface area (Å²) < 4.78 is 6.36. The fourth-order valence-electron chi connectivity index (χ4n) is 3.23. The number of hydrogen-bond acceptors (Lipinski definition) is 5. The van der Waals surface area contributed by atoms with Crippen molar-refractivity contribution in [2.45, 2.75) is 24.3 Å². The van der Waals surface area contributed by atoms with Crippen LogP contribution in [-0.2, 0) is 11.3 Å². The average molecular weight is 449 g/mol. The number of carbonyl (C=O) groups excluding carboxylic acids is 1. The SMILES string of the molecule is COc1ccc2sc(N(Cc3ccccc3)C(=O)CCCSc3ccccc3)nc2c1. The van der Waals surface area contributed by atoms with E-state index in [2.05, 4.69) is 12.1 Å². The van der Waals surface area contributed by atoms with Gasteiger partial charge >= 0.3 is 0 Å². The predicted octanol–water partition coefficient (Wildman–Crippen LogP) is 6.41. The van der Waals surface area contributed by atoms with Crippen LogP contribution in [0.15, 0.2) is 83.8 Å². The molecule has 0 aliphatic rings. The molecule has 0 aliphatic heterocycles. The van der Waals surface area contributed by atoms with Crippen molar-refractivity contribution in [2.24, 2.45) is 0 Å². The zero-order valence-corrected chi connectivity index (χ0v) is 19.0. The largest absolute Gasteiger partial charge is 0.497 e. The maximum absolute atomic E-state index is 13.2. The lowest BCUT2D eigenvalue weighted by Crippen LogP contribution is -2.30. The van der Waals surface area contributed by atoms with Crippen LogP contribution in [0.1, 0.15) is 18.4 Å². The molecule has 0 atom stereocenters. The molecule has 0 spiro atoms. The van der Waals surface area contributed by atoms with Crippen LogP contribution in [0.2, 0.25) is 0 Å². The van der Waals surface area contributed by atoms with E-state index in [4.69, 9.17) is 9.72 Å². The Hall–Kier alpha value is -2.83. The van der Waals surface area contributed by atoms with Gasteiger partial charge in [-0.1, -0.05) is 59.9 Å². The molecule has 31 heavy (non-hydrogen) atoms. The number of aromatic nitrogens is 1. The first-order chi connectivity index (χ1) is 15.2. The highest BCUT2D eigenvalue weighted by atomic mass is 32.2. The molecule has 0 saturated carbocycles. The lowest BCUT2D eigenvalue weighted by molar-refractivity contribution is -0.118. The van der Waals surface area contributed by atoms with Crippen LogP contribution in [0, 0.1) is 0 Å². The van der Waals surface area contributed by atoms with Crippen molar-refractivity contribution in [1.29, 1.82) is 0 Å². The molecule has 4 aromatic rings. The molecule has 0 bridgehead atoms. The van der Waals surface area contributed by atoms with Crippen LogP contribution in [0.25, 0.3) is 10.2 Å². The van der Waals surface area contributed by atoms with E-state index >= 15 is 0 Å². The minimum absolute atomic E-state index is 0.100. The summed E-state index contributed by atoms with van der Waals surface area (Å²) in [5.74, 6) is 1.78. The number of benzene rings is 3. The van der Waals surface area contributed by atoms with Gasteiger partial charge in [0.15, 0.2) is 5.13 Å². The Morgan fingerprint density at radius 3 is 2.52 bits per heavy atom. The van der Waals surface area contributed by atoms with Gasteiger partial charge in [-0.3, -0.25) is 9.69 Å². The smallest absolute Gasteiger partial charge is 0.229 e. The molecule has 6 heteroatoms. The Kier molecular flexibility index (Phi) is 7.22. The van der Waals surface area contributed by atoms with E-state index in [0.29, 0.717) is 13.0 Å². The molecule has 0 fully saturated rings. The molecule has 3 aromatic carbocycles. The zero-order valence-electron chi connectivity index (χ0n) is 17.4. The number of anilines is 1. The van der Waals surface area contributed by atoms with Gasteiger partial charge in [0.25, 0.3) is 0 Å². The number of thioether (sulfide) groups is 1. The monoisotopic (exact) mass is 448 g/mol. The molecular weight excluding hydrogens is 424 g/mol. The first-order valence-electron chi connectivity index (χ1n) is 10.2. The molecular formula is C25H24N2O2S2. The van der Waals surface area contributed by atoms with Gasteiger partial charge in [-0.25, -0.2) is 4.98 Å². The van der Waals surface area contributed by atoms with Gasteiger partial charge in [-0.15, -0.1) is 11.8 Å². The maximum Gasteiger partial charge on any atom is 0.229 e. The molecule has 0 saturated heterocycles. The number of carbonyl (C=O) groups is 1. The van der Waals surface area contributed by atoms with Gasteiger partial charge < -0.3 is 4.74 Å². The number of ether oxygens (including phenoxy) is 1. The van der Waals surface area contributed by atoms with E-state index < -0.39 is 0 Å². The summed E-state index contributed by atoms with van der Waals surface area (Å²) in [4.78, 5) is 21.0. The third-order valence-corrected chi connectivity index (χ3v) is 7.00. The number of hydrogen-bond donors (Lipinski definition) is 0. The molecule has 158 valence electrons. The second-order valence-electron chi connectivity index (χ2n) is 7.06. The molecule has 4 nitrogen and oxygen atoms in total. The summed E-state index contributed by atoms with van der Waals surface area (Å²) >= 11 is 3.33. The molecule has 1 heterocycles. The highest BCUT2D eigenvalue weighted by Crippen LogP contribution is 2.32. The molecule has 0 unspecified atom stereocenters. The summed E-state index contributed by atoms with van der Waals surface area (Å²) in [6.07, 6.45) is 1.31. The molecule has 0 N–H and O–H groups in total. The summed E-state index contributed by atoms with van der Waals surface area (Å²) in [6.45, 7) is 0.516. The summed E-state index contributed by atoms with van der Waals surface area (Å²) in [6, 6.07) is 26.2. The fraction of sp³-hybridized carbons (Fsp3) is 0.200. The van der Waals surface area contributed by atoms with Crippen LogP contribution in [0.5, 0.6) is 5.75 Å². The zero-order chi connectivity index (χ0) is 21.5. The third kappa shape index (κ3) is 5.66. The van der Waals surface area contributed by atoms with Crippen LogP contribution < -0.4 is 9.64 Å². The van der Waals surface area contributed by atoms with E-state index in [0.717, 1.165) is 38.8 Å². The number of thiazole rings is 1. The lowest BCUT2D eigenvalue weighted by atomic mass is 10.2. The first-order valence-corrected chi connectivity index (χ1v) is 12.0. The fourth-order valence-corrected chi connectivity index (χ4v) is 5.07. The maximum atomic E-state index is 13.2. The lowest BCUT2D eigenvalue weighted by Gasteiger charge is -2.20. The molecule has 1 aromatic heterocycles. The van der Waals surface area contributed by atoms with Gasteiger partial charge in [-0.05, 0) is 42.0 Å². The number of nitrogens with zero attached hydrogens (tertiary/aromatic N) is 2. The molecule has 1 amide bonds. The second-order valence-corrected chi connectivity index (χ2v) is 9.24. The summed E-state index contributed by atoms with van der Waals surface area (Å²) in [7, 11) is 1.65. The number of methoxy groups -OCH3 is 1. The van der Waals surface area contributed by atoms with Crippen molar-refractivity contribution < 1.29 is 9.53 Å². The molecule has 4 rings (SSSR count). The second kappa shape index (κ2) is 10.5. The standard InChI is InChI=1S/C25H24N2O2S2/c1-29-20-14-15-23-22(17-20)26-25(31-23)27(18-19-9-4-2-5-10-19)24(28)13-8-16-30-21-11-6-3-7-12-21/h2-7,9-12,14-15,17H,8,13,16,18H2,1H3. The number of amides is 1. The Bertz CT molecular complexity index is 1130. The van der Waals surface area contributed by atoms with Crippen molar-refractivity contribution >= 4 is 44.4 Å². The topological polar surface area (TPSA) is 42.4 Å². The van der Waals surface area contributed by atoms with Crippen molar-refractivity contribution in [3.05, 3.63) is 84.4 Å². The Labute approximate surface area is 190 Å². The van der Waals surface area contributed by atoms with E-state index in [-0.39, 0.29) is 5.91 Å². The number of rotatable bonds is 9. The average Bonchev–Trinajstić information content (AvgIpc) is 3.24. The Morgan fingerprint density at radius 1 is 1.03 bits per heavy atom. The van der Waals surface area contributed by atoms with E-state index in [1.54, 1.807) is 30.2 Å². The van der Waals surface area contributed by atoms with Gasteiger partial charge in [0.1, 0.15) is 5.75 Å². The van der Waals surface area contributed by atoms with E-state index in [1.807, 2.05) is 71.6 Å². The van der Waals surface area contributed by atoms with Crippen molar-refractivity contribution in [1.82, 2.24) is 4.98 Å². The molecule has 0 aliphatic carbocycles. The Balaban J connectivity index is 1.49. The van der Waals surface area contributed by atoms with Crippen LogP contribution in [-0.4, -0.2) is 23.8 Å². The van der Waals surface area contributed by atoms with Crippen LogP contribution >= 0.6 is 23.1 Å². The molecule has 0 radical (unpaired) electrons. The summed E-state index contributed by atoms with van der Waals surface area (Å²) in [5.41, 5.74) is 1.94. The van der Waals surface area contributed by atoms with Gasteiger partial charge in [-0.2, -0.15) is 0 Å². The van der Waals surface area contributed by atoms with Crippen molar-refractivity contribution in [3.63, 3.8) is 0 Å². The minimum Gasteiger partial charge on any atom is -0.497 e. The van der Waals surface area contributed by atoms with E-state index in [9.17, 15) is 4.79 Å². The quantitative estimate of drug-likeness (QED) is 0.219. The van der Waals surface area contributed by atoms with E-state index in [1.165, 1.54) is 4.90 Å². The van der Waals surface area contributed by atoms with Gasteiger partial charge in [0, 0.05) is 17.4 Å². The third-order valence-electron chi connectivity index (χ3n) is 4.85. The summed E-state index contributed by atoms with van der Waals surface area (Å²) in [5, 5.41) is 0.729. The Morgan fingerprint density at radius 2 is 1.77 bits per heavy atom. The number of fused-ring (bicyclic) bond motifs is 1. The van der Waals surface area contributed by atoms with Crippen LogP contribution in [0.4, 0.5) is 5.13 Å². The normalized spacial score (nSPS) is 10.9. The highest BCUT2D eigenvalue weighted by Gasteiger charge is 2.20. The van der Waals surface area contributed by atoms with Gasteiger partial charge in [0.2, 0.25) is 5.91 Å².